The third-order valence-electron chi connectivity index (χ3n) is 3.24. The molecule has 0 radical (unpaired) electrons. The highest BCUT2D eigenvalue weighted by Crippen LogP contribution is 2.32. The van der Waals surface area contributed by atoms with E-state index in [2.05, 4.69) is 5.32 Å². The number of hydrogen-bond acceptors (Lipinski definition) is 3. The monoisotopic (exact) mass is 326 g/mol. The Labute approximate surface area is 133 Å². The third-order valence-corrected chi connectivity index (χ3v) is 4.37. The Kier molecular flexibility index (Phi) is 6.00. The number of hydrogen-bond donors (Lipinski definition) is 1. The number of benzene rings is 1. The number of rotatable bonds is 6. The van der Waals surface area contributed by atoms with E-state index in [0.717, 1.165) is 18.2 Å². The van der Waals surface area contributed by atoms with Gasteiger partial charge in [-0.15, -0.1) is 0 Å². The van der Waals surface area contributed by atoms with Crippen molar-refractivity contribution in [1.29, 1.82) is 0 Å². The van der Waals surface area contributed by atoms with Gasteiger partial charge in [-0.25, -0.2) is 8.42 Å². The van der Waals surface area contributed by atoms with Crippen molar-refractivity contribution in [2.45, 2.75) is 39.5 Å². The Morgan fingerprint density at radius 1 is 1.23 bits per heavy atom. The molecule has 0 fully saturated rings. The number of nitrogens with zero attached hydrogens (tertiary/aromatic N) is 1. The molecule has 1 aromatic rings. The molecule has 0 saturated carbocycles. The molecule has 0 aliphatic rings. The van der Waals surface area contributed by atoms with Crippen LogP contribution in [0.1, 0.15) is 39.7 Å². The lowest BCUT2D eigenvalue weighted by Crippen LogP contribution is -2.41. The van der Waals surface area contributed by atoms with Crippen molar-refractivity contribution in [3.8, 4) is 0 Å². The Morgan fingerprint density at radius 3 is 2.32 bits per heavy atom. The summed E-state index contributed by atoms with van der Waals surface area (Å²) in [6.07, 6.45) is 1.93. The topological polar surface area (TPSA) is 66.5 Å². The normalized spacial score (nSPS) is 12.0. The van der Waals surface area contributed by atoms with Crippen LogP contribution in [0.3, 0.4) is 0 Å². The van der Waals surface area contributed by atoms with Crippen LogP contribution in [0.4, 0.5) is 5.69 Å². The summed E-state index contributed by atoms with van der Waals surface area (Å²) < 4.78 is 25.5. The molecule has 1 aromatic carbocycles. The van der Waals surface area contributed by atoms with Crippen LogP contribution in [0.2, 0.25) is 0 Å². The Balaban J connectivity index is 3.23. The summed E-state index contributed by atoms with van der Waals surface area (Å²) >= 11 is 0. The van der Waals surface area contributed by atoms with E-state index in [9.17, 15) is 13.2 Å². The molecule has 0 aliphatic heterocycles. The second-order valence-electron chi connectivity index (χ2n) is 6.39. The van der Waals surface area contributed by atoms with Crippen molar-refractivity contribution in [1.82, 2.24) is 5.32 Å². The van der Waals surface area contributed by atoms with E-state index < -0.39 is 10.0 Å². The fourth-order valence-corrected chi connectivity index (χ4v) is 3.03. The molecule has 0 aromatic heterocycles. The van der Waals surface area contributed by atoms with E-state index in [4.69, 9.17) is 0 Å². The highest BCUT2D eigenvalue weighted by Gasteiger charge is 2.27. The largest absolute Gasteiger partial charge is 0.355 e. The molecule has 22 heavy (non-hydrogen) atoms. The molecule has 1 rings (SSSR count). The molecule has 1 N–H and O–H groups in total. The molecule has 0 atom stereocenters. The predicted molar refractivity (Wildman–Crippen MR) is 90.6 cm³/mol. The van der Waals surface area contributed by atoms with Gasteiger partial charge in [0.25, 0.3) is 0 Å². The number of carbonyl (C=O) groups is 1. The molecule has 124 valence electrons. The van der Waals surface area contributed by atoms with Crippen molar-refractivity contribution >= 4 is 21.6 Å². The number of para-hydroxylation sites is 1. The van der Waals surface area contributed by atoms with Crippen LogP contribution in [0.15, 0.2) is 24.3 Å². The molecule has 1 amide bonds. The summed E-state index contributed by atoms with van der Waals surface area (Å²) in [4.78, 5) is 12.0. The van der Waals surface area contributed by atoms with Gasteiger partial charge in [-0.05, 0) is 23.5 Å². The molecule has 0 aliphatic carbocycles. The second kappa shape index (κ2) is 7.13. The standard InChI is InChI=1S/C16H26N2O3S/c1-6-11-17-15(19)12-18(22(5,20)21)14-10-8-7-9-13(14)16(2,3)4/h7-10H,6,11-12H2,1-5H3,(H,17,19). The van der Waals surface area contributed by atoms with Gasteiger partial charge < -0.3 is 5.32 Å². The Bertz CT molecular complexity index is 619. The number of amides is 1. The van der Waals surface area contributed by atoms with Crippen LogP contribution in [0, 0.1) is 0 Å². The Hall–Kier alpha value is -1.56. The van der Waals surface area contributed by atoms with Gasteiger partial charge in [0, 0.05) is 6.54 Å². The van der Waals surface area contributed by atoms with E-state index >= 15 is 0 Å². The minimum absolute atomic E-state index is 0.202. The van der Waals surface area contributed by atoms with E-state index in [-0.39, 0.29) is 17.9 Å². The van der Waals surface area contributed by atoms with Gasteiger partial charge in [-0.2, -0.15) is 0 Å². The van der Waals surface area contributed by atoms with Crippen LogP contribution in [-0.4, -0.2) is 33.7 Å². The first-order valence-electron chi connectivity index (χ1n) is 7.41. The summed E-state index contributed by atoms with van der Waals surface area (Å²) in [6, 6.07) is 7.31. The van der Waals surface area contributed by atoms with Gasteiger partial charge in [-0.1, -0.05) is 45.9 Å². The first kappa shape index (κ1) is 18.5. The zero-order valence-corrected chi connectivity index (χ0v) is 14.8. The molecule has 0 spiro atoms. The van der Waals surface area contributed by atoms with E-state index in [0.29, 0.717) is 12.2 Å². The average Bonchev–Trinajstić information content (AvgIpc) is 2.40. The van der Waals surface area contributed by atoms with Gasteiger partial charge in [-0.3, -0.25) is 9.10 Å². The van der Waals surface area contributed by atoms with Crippen LogP contribution >= 0.6 is 0 Å². The summed E-state index contributed by atoms with van der Waals surface area (Å²) in [5, 5.41) is 2.72. The zero-order chi connectivity index (χ0) is 17.0. The first-order chi connectivity index (χ1) is 10.1. The van der Waals surface area contributed by atoms with Crippen LogP contribution in [0.5, 0.6) is 0 Å². The summed E-state index contributed by atoms with van der Waals surface area (Å²) in [5.41, 5.74) is 1.23. The number of sulfonamides is 1. The lowest BCUT2D eigenvalue weighted by molar-refractivity contribution is -0.119. The molecule has 6 heteroatoms. The summed E-state index contributed by atoms with van der Waals surface area (Å²) in [5.74, 6) is -0.295. The molecule has 0 heterocycles. The van der Waals surface area contributed by atoms with E-state index in [1.54, 1.807) is 12.1 Å². The highest BCUT2D eigenvalue weighted by molar-refractivity contribution is 7.92. The summed E-state index contributed by atoms with van der Waals surface area (Å²) in [6.45, 7) is 8.34. The van der Waals surface area contributed by atoms with Gasteiger partial charge in [0.2, 0.25) is 15.9 Å². The number of nitrogens with one attached hydrogen (secondary N) is 1. The van der Waals surface area contributed by atoms with Gasteiger partial charge >= 0.3 is 0 Å². The minimum Gasteiger partial charge on any atom is -0.355 e. The van der Waals surface area contributed by atoms with Crippen LogP contribution in [0.25, 0.3) is 0 Å². The molecule has 0 bridgehead atoms. The molecule has 0 unspecified atom stereocenters. The van der Waals surface area contributed by atoms with E-state index in [1.165, 1.54) is 4.31 Å². The second-order valence-corrected chi connectivity index (χ2v) is 8.29. The van der Waals surface area contributed by atoms with Gasteiger partial charge in [0.05, 0.1) is 11.9 Å². The maximum atomic E-state index is 12.2. The van der Waals surface area contributed by atoms with Crippen molar-refractivity contribution in [3.05, 3.63) is 29.8 Å². The smallest absolute Gasteiger partial charge is 0.240 e. The zero-order valence-electron chi connectivity index (χ0n) is 14.0. The van der Waals surface area contributed by atoms with Crippen molar-refractivity contribution in [3.63, 3.8) is 0 Å². The molecular formula is C16H26N2O3S. The molecular weight excluding hydrogens is 300 g/mol. The Morgan fingerprint density at radius 2 is 1.82 bits per heavy atom. The lowest BCUT2D eigenvalue weighted by Gasteiger charge is -2.29. The summed E-state index contributed by atoms with van der Waals surface area (Å²) in [7, 11) is -3.55. The number of carbonyl (C=O) groups excluding carboxylic acids is 1. The fourth-order valence-electron chi connectivity index (χ4n) is 2.16. The highest BCUT2D eigenvalue weighted by atomic mass is 32.2. The predicted octanol–water partition coefficient (Wildman–Crippen LogP) is 2.28. The molecule has 0 saturated heterocycles. The maximum absolute atomic E-state index is 12.2. The fraction of sp³-hybridized carbons (Fsp3) is 0.562. The maximum Gasteiger partial charge on any atom is 0.240 e. The SMILES string of the molecule is CCCNC(=O)CN(c1ccccc1C(C)(C)C)S(C)(=O)=O. The lowest BCUT2D eigenvalue weighted by atomic mass is 9.86. The molecule has 5 nitrogen and oxygen atoms in total. The minimum atomic E-state index is -3.55. The van der Waals surface area contributed by atoms with Gasteiger partial charge in [0.15, 0.2) is 0 Å². The third kappa shape index (κ3) is 5.02. The average molecular weight is 326 g/mol. The quantitative estimate of drug-likeness (QED) is 0.872. The van der Waals surface area contributed by atoms with Crippen LogP contribution < -0.4 is 9.62 Å². The van der Waals surface area contributed by atoms with Crippen molar-refractivity contribution < 1.29 is 13.2 Å². The van der Waals surface area contributed by atoms with Crippen molar-refractivity contribution in [2.75, 3.05) is 23.7 Å². The van der Waals surface area contributed by atoms with Crippen molar-refractivity contribution in [2.24, 2.45) is 0 Å². The number of anilines is 1. The first-order valence-corrected chi connectivity index (χ1v) is 9.26. The van der Waals surface area contributed by atoms with Gasteiger partial charge in [0.1, 0.15) is 6.54 Å². The van der Waals surface area contributed by atoms with Crippen LogP contribution in [-0.2, 0) is 20.2 Å². The van der Waals surface area contributed by atoms with E-state index in [1.807, 2.05) is 39.8 Å².